The molecule has 0 aromatic rings. The molecule has 0 aliphatic heterocycles. The lowest BCUT2D eigenvalue weighted by molar-refractivity contribution is -0.129. The molecule has 0 aromatic heterocycles. The minimum absolute atomic E-state index is 0.00194. The molecule has 1 fully saturated rings. The van der Waals surface area contributed by atoms with Crippen molar-refractivity contribution in [2.45, 2.75) is 77.9 Å². The number of aliphatic hydroxyl groups excluding tert-OH is 1. The van der Waals surface area contributed by atoms with Crippen molar-refractivity contribution in [3.05, 3.63) is 0 Å². The molecule has 1 aliphatic rings. The highest BCUT2D eigenvalue weighted by Gasteiger charge is 2.23. The van der Waals surface area contributed by atoms with Gasteiger partial charge in [-0.3, -0.25) is 9.59 Å². The van der Waals surface area contributed by atoms with Gasteiger partial charge in [0.1, 0.15) is 0 Å². The predicted octanol–water partition coefficient (Wildman–Crippen LogP) is 1.74. The number of rotatable bonds is 5. The summed E-state index contributed by atoms with van der Waals surface area (Å²) >= 11 is 0. The van der Waals surface area contributed by atoms with Crippen LogP contribution in [-0.4, -0.2) is 35.6 Å². The van der Waals surface area contributed by atoms with Crippen LogP contribution < -0.4 is 10.6 Å². The van der Waals surface area contributed by atoms with Crippen molar-refractivity contribution in [2.75, 3.05) is 6.54 Å². The molecule has 0 spiro atoms. The fourth-order valence-electron chi connectivity index (χ4n) is 2.45. The van der Waals surface area contributed by atoms with Crippen molar-refractivity contribution in [3.8, 4) is 0 Å². The van der Waals surface area contributed by atoms with Gasteiger partial charge in [0.15, 0.2) is 0 Å². The Balaban J connectivity index is 2.20. The minimum Gasteiger partial charge on any atom is -0.391 e. The summed E-state index contributed by atoms with van der Waals surface area (Å²) in [5.74, 6) is -0.0342. The van der Waals surface area contributed by atoms with Crippen LogP contribution in [0.5, 0.6) is 0 Å². The van der Waals surface area contributed by atoms with Crippen LogP contribution >= 0.6 is 0 Å². The predicted molar refractivity (Wildman–Crippen MR) is 82.7 cm³/mol. The maximum absolute atomic E-state index is 11.9. The van der Waals surface area contributed by atoms with Crippen molar-refractivity contribution in [2.24, 2.45) is 5.41 Å². The first kappa shape index (κ1) is 18.0. The second kappa shape index (κ2) is 8.37. The molecule has 5 heteroatoms. The van der Waals surface area contributed by atoms with Crippen molar-refractivity contribution in [1.82, 2.24) is 10.6 Å². The average molecular weight is 298 g/mol. The average Bonchev–Trinajstić information content (AvgIpc) is 2.59. The van der Waals surface area contributed by atoms with E-state index in [1.807, 2.05) is 20.8 Å². The van der Waals surface area contributed by atoms with Gasteiger partial charge in [-0.25, -0.2) is 0 Å². The van der Waals surface area contributed by atoms with E-state index in [1.54, 1.807) is 0 Å². The number of carbonyl (C=O) groups excluding carboxylic acids is 2. The Hall–Kier alpha value is -1.10. The van der Waals surface area contributed by atoms with E-state index < -0.39 is 11.5 Å². The highest BCUT2D eigenvalue weighted by atomic mass is 16.3. The lowest BCUT2D eigenvalue weighted by atomic mass is 9.96. The van der Waals surface area contributed by atoms with E-state index in [-0.39, 0.29) is 17.9 Å². The molecule has 1 aliphatic carbocycles. The fraction of sp³-hybridized carbons (Fsp3) is 0.875. The molecular weight excluding hydrogens is 268 g/mol. The minimum atomic E-state index is -0.419. The van der Waals surface area contributed by atoms with Crippen LogP contribution in [0, 0.1) is 5.41 Å². The van der Waals surface area contributed by atoms with Crippen LogP contribution in [0.2, 0.25) is 0 Å². The third-order valence-electron chi connectivity index (χ3n) is 3.87. The summed E-state index contributed by atoms with van der Waals surface area (Å²) in [5, 5.41) is 15.7. The lowest BCUT2D eigenvalue weighted by Gasteiger charge is -2.22. The standard InChI is InChI=1S/C16H30N2O3/c1-16(2,3)15(21)17-11-7-10-14(20)18-12-8-5-4-6-9-13(12)19/h12-13,19H,4-11H2,1-3H3,(H,17,21)(H,18,20). The van der Waals surface area contributed by atoms with Gasteiger partial charge in [0.25, 0.3) is 0 Å². The molecule has 2 atom stereocenters. The van der Waals surface area contributed by atoms with Gasteiger partial charge in [-0.1, -0.05) is 40.0 Å². The molecule has 122 valence electrons. The molecule has 0 aromatic carbocycles. The van der Waals surface area contributed by atoms with Crippen LogP contribution in [0.1, 0.15) is 65.7 Å². The molecule has 0 radical (unpaired) electrons. The van der Waals surface area contributed by atoms with E-state index in [9.17, 15) is 14.7 Å². The van der Waals surface area contributed by atoms with Crippen molar-refractivity contribution < 1.29 is 14.7 Å². The van der Waals surface area contributed by atoms with E-state index in [4.69, 9.17) is 0 Å². The number of carbonyl (C=O) groups is 2. The summed E-state index contributed by atoms with van der Waals surface area (Å²) in [5.41, 5.74) is -0.396. The molecule has 1 saturated carbocycles. The highest BCUT2D eigenvalue weighted by Crippen LogP contribution is 2.18. The first-order valence-electron chi connectivity index (χ1n) is 8.06. The van der Waals surface area contributed by atoms with Gasteiger partial charge in [0.05, 0.1) is 12.1 Å². The van der Waals surface area contributed by atoms with Crippen LogP contribution in [0.3, 0.4) is 0 Å². The van der Waals surface area contributed by atoms with Gasteiger partial charge in [0.2, 0.25) is 11.8 Å². The Morgan fingerprint density at radius 2 is 1.81 bits per heavy atom. The Kier molecular flexibility index (Phi) is 7.15. The maximum atomic E-state index is 11.9. The van der Waals surface area contributed by atoms with E-state index in [0.717, 1.165) is 32.1 Å². The zero-order valence-electron chi connectivity index (χ0n) is 13.6. The molecular formula is C16H30N2O3. The van der Waals surface area contributed by atoms with Gasteiger partial charge in [-0.15, -0.1) is 0 Å². The van der Waals surface area contributed by atoms with Crippen LogP contribution in [0.15, 0.2) is 0 Å². The third-order valence-corrected chi connectivity index (χ3v) is 3.87. The highest BCUT2D eigenvalue weighted by molar-refractivity contribution is 5.81. The van der Waals surface area contributed by atoms with Crippen molar-refractivity contribution in [1.29, 1.82) is 0 Å². The van der Waals surface area contributed by atoms with Crippen molar-refractivity contribution >= 4 is 11.8 Å². The summed E-state index contributed by atoms with van der Waals surface area (Å²) < 4.78 is 0. The number of hydrogen-bond donors (Lipinski definition) is 3. The quantitative estimate of drug-likeness (QED) is 0.534. The smallest absolute Gasteiger partial charge is 0.225 e. The number of aliphatic hydroxyl groups is 1. The second-order valence-electron chi connectivity index (χ2n) is 6.99. The second-order valence-corrected chi connectivity index (χ2v) is 6.99. The molecule has 0 saturated heterocycles. The molecule has 2 amide bonds. The summed E-state index contributed by atoms with van der Waals surface area (Å²) in [4.78, 5) is 23.5. The Labute approximate surface area is 127 Å². The van der Waals surface area contributed by atoms with E-state index >= 15 is 0 Å². The first-order chi connectivity index (χ1) is 9.80. The topological polar surface area (TPSA) is 78.4 Å². The molecule has 0 bridgehead atoms. The molecule has 2 unspecified atom stereocenters. The van der Waals surface area contributed by atoms with E-state index in [2.05, 4.69) is 10.6 Å². The van der Waals surface area contributed by atoms with E-state index in [0.29, 0.717) is 19.4 Å². The maximum Gasteiger partial charge on any atom is 0.225 e. The number of amides is 2. The fourth-order valence-corrected chi connectivity index (χ4v) is 2.45. The molecule has 3 N–H and O–H groups in total. The Morgan fingerprint density at radius 3 is 2.48 bits per heavy atom. The van der Waals surface area contributed by atoms with Gasteiger partial charge in [-0.2, -0.15) is 0 Å². The number of nitrogens with one attached hydrogen (secondary N) is 2. The van der Waals surface area contributed by atoms with Crippen LogP contribution in [0.4, 0.5) is 0 Å². The van der Waals surface area contributed by atoms with Gasteiger partial charge < -0.3 is 15.7 Å². The summed E-state index contributed by atoms with van der Waals surface area (Å²) in [7, 11) is 0. The number of hydrogen-bond acceptors (Lipinski definition) is 3. The molecule has 21 heavy (non-hydrogen) atoms. The van der Waals surface area contributed by atoms with Gasteiger partial charge >= 0.3 is 0 Å². The Bertz CT molecular complexity index is 350. The van der Waals surface area contributed by atoms with Crippen LogP contribution in [0.25, 0.3) is 0 Å². The van der Waals surface area contributed by atoms with Crippen LogP contribution in [-0.2, 0) is 9.59 Å². The van der Waals surface area contributed by atoms with Crippen molar-refractivity contribution in [3.63, 3.8) is 0 Å². The lowest BCUT2D eigenvalue weighted by Crippen LogP contribution is -2.43. The SMILES string of the molecule is CC(C)(C)C(=O)NCCCC(=O)NC1CCCCCC1O. The van der Waals surface area contributed by atoms with E-state index in [1.165, 1.54) is 0 Å². The zero-order valence-corrected chi connectivity index (χ0v) is 13.6. The largest absolute Gasteiger partial charge is 0.391 e. The molecule has 5 nitrogen and oxygen atoms in total. The first-order valence-corrected chi connectivity index (χ1v) is 8.06. The normalized spacial score (nSPS) is 23.2. The molecule has 1 rings (SSSR count). The summed E-state index contributed by atoms with van der Waals surface area (Å²) in [6.45, 7) is 6.10. The molecule has 0 heterocycles. The third kappa shape index (κ3) is 6.93. The Morgan fingerprint density at radius 1 is 1.14 bits per heavy atom. The van der Waals surface area contributed by atoms with Gasteiger partial charge in [0, 0.05) is 18.4 Å². The zero-order chi connectivity index (χ0) is 15.9. The summed E-state index contributed by atoms with van der Waals surface area (Å²) in [6.07, 6.45) is 5.43. The van der Waals surface area contributed by atoms with Gasteiger partial charge in [-0.05, 0) is 19.3 Å². The monoisotopic (exact) mass is 298 g/mol. The summed E-state index contributed by atoms with van der Waals surface area (Å²) in [6, 6.07) is -0.107.